The Morgan fingerprint density at radius 3 is 2.63 bits per heavy atom. The first-order valence-electron chi connectivity index (χ1n) is 9.42. The van der Waals surface area contributed by atoms with E-state index in [2.05, 4.69) is 27.2 Å². The first-order valence-corrected chi connectivity index (χ1v) is 9.80. The molecule has 1 unspecified atom stereocenters. The topological polar surface area (TPSA) is 87.1 Å². The van der Waals surface area contributed by atoms with E-state index >= 15 is 0 Å². The van der Waals surface area contributed by atoms with Crippen molar-refractivity contribution in [2.24, 2.45) is 0 Å². The van der Waals surface area contributed by atoms with Crippen LogP contribution in [0.5, 0.6) is 0 Å². The molecule has 0 bridgehead atoms. The number of rotatable bonds is 7. The Bertz CT molecular complexity index is 1050. The average molecular weight is 423 g/mol. The Hall–Kier alpha value is -3.22. The fourth-order valence-corrected chi connectivity index (χ4v) is 3.08. The van der Waals surface area contributed by atoms with Gasteiger partial charge in [-0.1, -0.05) is 30.3 Å². The molecule has 0 aliphatic heterocycles. The number of aliphatic hydroxyl groups is 1. The van der Waals surface area contributed by atoms with Gasteiger partial charge in [-0.05, 0) is 49.8 Å². The lowest BCUT2D eigenvalue weighted by atomic mass is 10.0. The van der Waals surface area contributed by atoms with Gasteiger partial charge < -0.3 is 15.7 Å². The summed E-state index contributed by atoms with van der Waals surface area (Å²) in [5.41, 5.74) is 4.22. The van der Waals surface area contributed by atoms with Crippen LogP contribution in [0.2, 0.25) is 5.02 Å². The normalized spacial score (nSPS) is 12.7. The number of carbonyl (C=O) groups is 1. The number of hydrogen-bond acceptors (Lipinski definition) is 5. The largest absolute Gasteiger partial charge is 0.389 e. The van der Waals surface area contributed by atoms with Crippen LogP contribution in [-0.2, 0) is 0 Å². The van der Waals surface area contributed by atoms with Gasteiger partial charge in [0.05, 0.1) is 17.4 Å². The number of amides is 1. The van der Waals surface area contributed by atoms with E-state index in [1.165, 1.54) is 6.20 Å². The highest BCUT2D eigenvalue weighted by molar-refractivity contribution is 6.30. The molecule has 0 fully saturated rings. The van der Waals surface area contributed by atoms with Crippen molar-refractivity contribution >= 4 is 28.8 Å². The van der Waals surface area contributed by atoms with Crippen LogP contribution in [0.4, 0.5) is 5.69 Å². The zero-order valence-electron chi connectivity index (χ0n) is 16.8. The van der Waals surface area contributed by atoms with Crippen molar-refractivity contribution in [3.05, 3.63) is 83.8 Å². The summed E-state index contributed by atoms with van der Waals surface area (Å²) in [6.45, 7) is 7.47. The highest BCUT2D eigenvalue weighted by Crippen LogP contribution is 2.29. The van der Waals surface area contributed by atoms with Gasteiger partial charge in [0.25, 0.3) is 5.91 Å². The minimum Gasteiger partial charge on any atom is -0.389 e. The highest BCUT2D eigenvalue weighted by atomic mass is 35.5. The van der Waals surface area contributed by atoms with Crippen LogP contribution in [0.15, 0.2) is 67.6 Å². The van der Waals surface area contributed by atoms with Gasteiger partial charge in [0.15, 0.2) is 0 Å². The van der Waals surface area contributed by atoms with Crippen LogP contribution in [-0.4, -0.2) is 33.3 Å². The van der Waals surface area contributed by atoms with Crippen LogP contribution >= 0.6 is 11.6 Å². The molecule has 0 aliphatic rings. The Kier molecular flexibility index (Phi) is 6.82. The summed E-state index contributed by atoms with van der Waals surface area (Å²) < 4.78 is 0. The number of allylic oxidation sites excluding steroid dienone is 1. The zero-order valence-corrected chi connectivity index (χ0v) is 17.5. The number of anilines is 1. The third-order valence-corrected chi connectivity index (χ3v) is 4.72. The smallest absolute Gasteiger partial charge is 0.254 e. The van der Waals surface area contributed by atoms with E-state index in [0.717, 1.165) is 16.7 Å². The fraction of sp³-hybridized carbons (Fsp3) is 0.174. The third kappa shape index (κ3) is 5.23. The summed E-state index contributed by atoms with van der Waals surface area (Å²) in [6, 6.07) is 12.6. The molecule has 154 valence electrons. The molecule has 0 saturated carbocycles. The number of nitrogens with one attached hydrogen (secondary N) is 2. The summed E-state index contributed by atoms with van der Waals surface area (Å²) in [5, 5.41) is 16.9. The standard InChI is InChI=1S/C23H23ClN4O2/c1-14(2)19-13-26-20(16-6-4-8-18(24)10-16)11-21(19)27-22(15(3)29)28-23(30)17-7-5-9-25-12-17/h4-13,15,22,29H,1H2,2-3H3,(H,26,27)(H,28,30)/t15-,22?/m0/s1. The Morgan fingerprint density at radius 2 is 2.00 bits per heavy atom. The quantitative estimate of drug-likeness (QED) is 0.492. The lowest BCUT2D eigenvalue weighted by Crippen LogP contribution is -2.47. The first kappa shape index (κ1) is 21.5. The molecule has 0 aliphatic carbocycles. The minimum absolute atomic E-state index is 0.345. The van der Waals surface area contributed by atoms with Crippen molar-refractivity contribution in [2.75, 3.05) is 5.32 Å². The monoisotopic (exact) mass is 422 g/mol. The van der Waals surface area contributed by atoms with Crippen LogP contribution in [0.3, 0.4) is 0 Å². The molecular weight excluding hydrogens is 400 g/mol. The molecule has 2 heterocycles. The number of halogens is 1. The Labute approximate surface area is 180 Å². The van der Waals surface area contributed by atoms with Crippen molar-refractivity contribution in [2.45, 2.75) is 26.1 Å². The van der Waals surface area contributed by atoms with Gasteiger partial charge in [-0.15, -0.1) is 0 Å². The zero-order chi connectivity index (χ0) is 21.7. The third-order valence-electron chi connectivity index (χ3n) is 4.49. The molecular formula is C23H23ClN4O2. The molecule has 0 radical (unpaired) electrons. The van der Waals surface area contributed by atoms with Crippen molar-refractivity contribution in [3.8, 4) is 11.3 Å². The van der Waals surface area contributed by atoms with Crippen LogP contribution < -0.4 is 10.6 Å². The predicted octanol–water partition coefficient (Wildman–Crippen LogP) is 4.38. The van der Waals surface area contributed by atoms with E-state index in [0.29, 0.717) is 22.0 Å². The number of hydrogen-bond donors (Lipinski definition) is 3. The van der Waals surface area contributed by atoms with E-state index in [9.17, 15) is 9.90 Å². The van der Waals surface area contributed by atoms with Gasteiger partial charge in [0.1, 0.15) is 6.17 Å². The summed E-state index contributed by atoms with van der Waals surface area (Å²) in [7, 11) is 0. The molecule has 0 saturated heterocycles. The Balaban J connectivity index is 1.92. The molecule has 6 nitrogen and oxygen atoms in total. The predicted molar refractivity (Wildman–Crippen MR) is 120 cm³/mol. The Morgan fingerprint density at radius 1 is 1.20 bits per heavy atom. The van der Waals surface area contributed by atoms with E-state index in [4.69, 9.17) is 11.6 Å². The highest BCUT2D eigenvalue weighted by Gasteiger charge is 2.20. The molecule has 1 amide bonds. The van der Waals surface area contributed by atoms with Crippen LogP contribution in [0.1, 0.15) is 29.8 Å². The molecule has 3 rings (SSSR count). The van der Waals surface area contributed by atoms with Gasteiger partial charge in [-0.25, -0.2) is 0 Å². The second kappa shape index (κ2) is 9.52. The van der Waals surface area contributed by atoms with Crippen molar-refractivity contribution in [1.82, 2.24) is 15.3 Å². The van der Waals surface area contributed by atoms with Crippen LogP contribution in [0, 0.1) is 0 Å². The van der Waals surface area contributed by atoms with E-state index in [1.807, 2.05) is 31.2 Å². The number of benzene rings is 1. The van der Waals surface area contributed by atoms with Gasteiger partial charge >= 0.3 is 0 Å². The maximum atomic E-state index is 12.5. The minimum atomic E-state index is -0.869. The lowest BCUT2D eigenvalue weighted by molar-refractivity contribution is 0.0879. The summed E-state index contributed by atoms with van der Waals surface area (Å²) >= 11 is 6.11. The lowest BCUT2D eigenvalue weighted by Gasteiger charge is -2.25. The van der Waals surface area contributed by atoms with E-state index in [1.54, 1.807) is 37.5 Å². The fourth-order valence-electron chi connectivity index (χ4n) is 2.89. The average Bonchev–Trinajstić information content (AvgIpc) is 2.73. The first-order chi connectivity index (χ1) is 14.3. The molecule has 7 heteroatoms. The summed E-state index contributed by atoms with van der Waals surface area (Å²) in [6.07, 6.45) is 3.16. The number of nitrogens with zero attached hydrogens (tertiary/aromatic N) is 2. The van der Waals surface area contributed by atoms with Crippen LogP contribution in [0.25, 0.3) is 16.8 Å². The maximum Gasteiger partial charge on any atom is 0.254 e. The molecule has 1 aromatic carbocycles. The van der Waals surface area contributed by atoms with E-state index in [-0.39, 0.29) is 5.91 Å². The second-order valence-electron chi connectivity index (χ2n) is 6.98. The molecule has 3 aromatic rings. The number of aliphatic hydroxyl groups excluding tert-OH is 1. The summed E-state index contributed by atoms with van der Waals surface area (Å²) in [4.78, 5) is 21.0. The van der Waals surface area contributed by atoms with Gasteiger partial charge in [0, 0.05) is 40.4 Å². The SMILES string of the molecule is C=C(C)c1cnc(-c2cccc(Cl)c2)cc1NC(NC(=O)c1cccnc1)[C@H](C)O. The van der Waals surface area contributed by atoms with Crippen molar-refractivity contribution in [3.63, 3.8) is 0 Å². The molecule has 30 heavy (non-hydrogen) atoms. The molecule has 2 aromatic heterocycles. The molecule has 2 atom stereocenters. The van der Waals surface area contributed by atoms with Gasteiger partial charge in [0.2, 0.25) is 0 Å². The molecule has 0 spiro atoms. The number of carbonyl (C=O) groups excluding carboxylic acids is 1. The van der Waals surface area contributed by atoms with Gasteiger partial charge in [-0.3, -0.25) is 14.8 Å². The second-order valence-corrected chi connectivity index (χ2v) is 7.42. The van der Waals surface area contributed by atoms with E-state index < -0.39 is 12.3 Å². The van der Waals surface area contributed by atoms with Gasteiger partial charge in [-0.2, -0.15) is 0 Å². The number of pyridine rings is 2. The van der Waals surface area contributed by atoms with Crippen molar-refractivity contribution in [1.29, 1.82) is 0 Å². The molecule has 3 N–H and O–H groups in total. The summed E-state index contributed by atoms with van der Waals surface area (Å²) in [5.74, 6) is -0.345. The maximum absolute atomic E-state index is 12.5. The number of aromatic nitrogens is 2. The van der Waals surface area contributed by atoms with Crippen molar-refractivity contribution < 1.29 is 9.90 Å².